The molecular formula is C9H7ClF2N2O. The molecule has 0 saturated carbocycles. The number of pyridine rings is 1. The summed E-state index contributed by atoms with van der Waals surface area (Å²) >= 11 is 5.49. The van der Waals surface area contributed by atoms with Gasteiger partial charge in [-0.05, 0) is 5.56 Å². The van der Waals surface area contributed by atoms with Gasteiger partial charge in [-0.3, -0.25) is 4.79 Å². The number of aromatic nitrogens is 1. The predicted molar refractivity (Wildman–Crippen MR) is 50.9 cm³/mol. The molecule has 0 radical (unpaired) electrons. The molecule has 0 spiro atoms. The van der Waals surface area contributed by atoms with Crippen molar-refractivity contribution in [3.63, 3.8) is 0 Å². The molecule has 80 valence electrons. The maximum atomic E-state index is 12.5. The van der Waals surface area contributed by atoms with Crippen LogP contribution in [-0.2, 0) is 12.3 Å². The lowest BCUT2D eigenvalue weighted by atomic mass is 10.0. The Morgan fingerprint density at radius 3 is 2.73 bits per heavy atom. The Morgan fingerprint density at radius 2 is 2.27 bits per heavy atom. The van der Waals surface area contributed by atoms with Crippen LogP contribution in [0.4, 0.5) is 8.78 Å². The number of hydrogen-bond acceptors (Lipinski definition) is 2. The summed E-state index contributed by atoms with van der Waals surface area (Å²) in [5.74, 6) is -0.104. The molecule has 1 heterocycles. The van der Waals surface area contributed by atoms with Crippen LogP contribution in [0, 0.1) is 11.3 Å². The van der Waals surface area contributed by atoms with E-state index in [-0.39, 0.29) is 23.6 Å². The maximum absolute atomic E-state index is 12.5. The van der Waals surface area contributed by atoms with E-state index >= 15 is 0 Å². The largest absolute Gasteiger partial charge is 0.325 e. The van der Waals surface area contributed by atoms with Gasteiger partial charge in [0, 0.05) is 17.3 Å². The molecular weight excluding hydrogens is 226 g/mol. The number of nitriles is 1. The third kappa shape index (κ3) is 2.54. The van der Waals surface area contributed by atoms with Gasteiger partial charge < -0.3 is 4.98 Å². The van der Waals surface area contributed by atoms with Gasteiger partial charge in [-0.1, -0.05) is 0 Å². The molecule has 0 fully saturated rings. The Labute approximate surface area is 89.3 Å². The van der Waals surface area contributed by atoms with Crippen LogP contribution < -0.4 is 5.56 Å². The Kier molecular flexibility index (Phi) is 3.81. The fraction of sp³-hybridized carbons (Fsp3) is 0.333. The van der Waals surface area contributed by atoms with E-state index in [4.69, 9.17) is 16.9 Å². The van der Waals surface area contributed by atoms with E-state index in [9.17, 15) is 13.6 Å². The lowest BCUT2D eigenvalue weighted by Gasteiger charge is -2.09. The summed E-state index contributed by atoms with van der Waals surface area (Å²) in [4.78, 5) is 13.3. The number of alkyl halides is 3. The van der Waals surface area contributed by atoms with Gasteiger partial charge in [0.1, 0.15) is 0 Å². The van der Waals surface area contributed by atoms with Crippen molar-refractivity contribution in [3.05, 3.63) is 33.2 Å². The third-order valence-corrected chi connectivity index (χ3v) is 2.17. The number of nitrogens with one attached hydrogen (secondary N) is 1. The molecule has 0 aliphatic carbocycles. The van der Waals surface area contributed by atoms with Gasteiger partial charge in [0.25, 0.3) is 6.43 Å². The zero-order chi connectivity index (χ0) is 11.4. The van der Waals surface area contributed by atoms with Crippen molar-refractivity contribution in [2.45, 2.75) is 18.7 Å². The highest BCUT2D eigenvalue weighted by molar-refractivity contribution is 6.17. The monoisotopic (exact) mass is 232 g/mol. The minimum atomic E-state index is -2.78. The van der Waals surface area contributed by atoms with E-state index in [2.05, 4.69) is 4.98 Å². The normalized spacial score (nSPS) is 10.3. The highest BCUT2D eigenvalue weighted by Gasteiger charge is 2.17. The molecule has 0 aliphatic heterocycles. The molecule has 0 aliphatic rings. The third-order valence-electron chi connectivity index (χ3n) is 1.90. The van der Waals surface area contributed by atoms with Gasteiger partial charge in [-0.25, -0.2) is 8.78 Å². The number of rotatable bonds is 3. The summed E-state index contributed by atoms with van der Waals surface area (Å²) in [6, 6.07) is 2.56. The lowest BCUT2D eigenvalue weighted by Crippen LogP contribution is -2.13. The Hall–Kier alpha value is -1.41. The second-order valence-corrected chi connectivity index (χ2v) is 3.08. The van der Waals surface area contributed by atoms with E-state index < -0.39 is 17.5 Å². The van der Waals surface area contributed by atoms with Crippen LogP contribution in [0.2, 0.25) is 0 Å². The van der Waals surface area contributed by atoms with Crippen LogP contribution >= 0.6 is 11.6 Å². The average Bonchev–Trinajstić information content (AvgIpc) is 2.19. The summed E-state index contributed by atoms with van der Waals surface area (Å²) < 4.78 is 25.1. The zero-order valence-corrected chi connectivity index (χ0v) is 8.31. The maximum Gasteiger partial charge on any atom is 0.264 e. The molecule has 1 rings (SSSR count). The second-order valence-electron chi connectivity index (χ2n) is 2.82. The predicted octanol–water partition coefficient (Wildman–Crippen LogP) is 2.12. The van der Waals surface area contributed by atoms with Crippen LogP contribution in [0.1, 0.15) is 23.2 Å². The van der Waals surface area contributed by atoms with Crippen molar-refractivity contribution in [2.75, 3.05) is 0 Å². The van der Waals surface area contributed by atoms with Crippen molar-refractivity contribution >= 4 is 11.6 Å². The van der Waals surface area contributed by atoms with Crippen molar-refractivity contribution in [2.24, 2.45) is 0 Å². The molecule has 1 aromatic heterocycles. The minimum absolute atomic E-state index is 0.104. The molecule has 1 N–H and O–H groups in total. The number of nitrogens with zero attached hydrogens (tertiary/aromatic N) is 1. The Bertz CT molecular complexity index is 450. The summed E-state index contributed by atoms with van der Waals surface area (Å²) in [5, 5.41) is 8.49. The fourth-order valence-corrected chi connectivity index (χ4v) is 1.49. The zero-order valence-electron chi connectivity index (χ0n) is 7.56. The number of hydrogen-bond donors (Lipinski definition) is 1. The van der Waals surface area contributed by atoms with E-state index in [1.54, 1.807) is 6.07 Å². The van der Waals surface area contributed by atoms with Gasteiger partial charge in [0.2, 0.25) is 5.56 Å². The van der Waals surface area contributed by atoms with Gasteiger partial charge in [0.05, 0.1) is 18.4 Å². The molecule has 0 aromatic carbocycles. The second kappa shape index (κ2) is 4.89. The first-order valence-electron chi connectivity index (χ1n) is 4.06. The van der Waals surface area contributed by atoms with Crippen LogP contribution in [0.5, 0.6) is 0 Å². The summed E-state index contributed by atoms with van der Waals surface area (Å²) in [5.41, 5.74) is -0.762. The first-order valence-corrected chi connectivity index (χ1v) is 4.59. The summed E-state index contributed by atoms with van der Waals surface area (Å²) in [6.07, 6.45) is -2.98. The van der Waals surface area contributed by atoms with E-state index in [1.165, 1.54) is 0 Å². The average molecular weight is 233 g/mol. The van der Waals surface area contributed by atoms with Gasteiger partial charge in [-0.15, -0.1) is 11.6 Å². The SMILES string of the molecule is N#CCc1c(C(F)F)cc(=O)[nH]c1CCl. The van der Waals surface area contributed by atoms with E-state index in [0.717, 1.165) is 6.07 Å². The van der Waals surface area contributed by atoms with Crippen molar-refractivity contribution in [1.29, 1.82) is 5.26 Å². The van der Waals surface area contributed by atoms with Crippen LogP contribution in [0.3, 0.4) is 0 Å². The Morgan fingerprint density at radius 1 is 1.60 bits per heavy atom. The van der Waals surface area contributed by atoms with Gasteiger partial charge >= 0.3 is 0 Å². The molecule has 1 aromatic rings. The standard InChI is InChI=1S/C9H7ClF2N2O/c10-4-7-5(1-2-13)6(9(11)12)3-8(15)14-7/h3,9H,1,4H2,(H,14,15). The quantitative estimate of drug-likeness (QED) is 0.812. The molecule has 3 nitrogen and oxygen atoms in total. The Balaban J connectivity index is 3.41. The van der Waals surface area contributed by atoms with Crippen molar-refractivity contribution < 1.29 is 8.78 Å². The highest BCUT2D eigenvalue weighted by atomic mass is 35.5. The van der Waals surface area contributed by atoms with Crippen molar-refractivity contribution in [3.8, 4) is 6.07 Å². The van der Waals surface area contributed by atoms with Crippen LogP contribution in [0.25, 0.3) is 0 Å². The van der Waals surface area contributed by atoms with E-state index in [0.29, 0.717) is 0 Å². The minimum Gasteiger partial charge on any atom is -0.325 e. The highest BCUT2D eigenvalue weighted by Crippen LogP contribution is 2.24. The first kappa shape index (κ1) is 11.7. The number of halogens is 3. The number of H-pyrrole nitrogens is 1. The summed E-state index contributed by atoms with van der Waals surface area (Å²) in [7, 11) is 0. The molecule has 6 heteroatoms. The molecule has 0 atom stereocenters. The molecule has 0 amide bonds. The van der Waals surface area contributed by atoms with Gasteiger partial charge in [0.15, 0.2) is 0 Å². The van der Waals surface area contributed by atoms with Gasteiger partial charge in [-0.2, -0.15) is 5.26 Å². The number of aromatic amines is 1. The van der Waals surface area contributed by atoms with Crippen molar-refractivity contribution in [1.82, 2.24) is 4.98 Å². The van der Waals surface area contributed by atoms with Crippen LogP contribution in [0.15, 0.2) is 10.9 Å². The summed E-state index contributed by atoms with van der Waals surface area (Å²) in [6.45, 7) is 0. The molecule has 15 heavy (non-hydrogen) atoms. The van der Waals surface area contributed by atoms with E-state index in [1.807, 2.05) is 0 Å². The fourth-order valence-electron chi connectivity index (χ4n) is 1.26. The lowest BCUT2D eigenvalue weighted by molar-refractivity contribution is 0.150. The van der Waals surface area contributed by atoms with Crippen LogP contribution in [-0.4, -0.2) is 4.98 Å². The molecule has 0 unspecified atom stereocenters. The molecule has 0 saturated heterocycles. The molecule has 0 bridgehead atoms. The topological polar surface area (TPSA) is 56.6 Å². The first-order chi connectivity index (χ1) is 7.10. The smallest absolute Gasteiger partial charge is 0.264 e.